The molecule has 36 heavy (non-hydrogen) atoms. The van der Waals surface area contributed by atoms with E-state index in [1.165, 1.54) is 51.4 Å². The molecule has 210 valence electrons. The van der Waals surface area contributed by atoms with Crippen LogP contribution >= 0.6 is 7.82 Å². The summed E-state index contributed by atoms with van der Waals surface area (Å²) in [6.07, 6.45) is 24.3. The Morgan fingerprint density at radius 3 is 1.86 bits per heavy atom. The van der Waals surface area contributed by atoms with E-state index in [0.29, 0.717) is 6.42 Å². The highest BCUT2D eigenvalue weighted by atomic mass is 31.2. The van der Waals surface area contributed by atoms with Crippen LogP contribution in [0.25, 0.3) is 0 Å². The van der Waals surface area contributed by atoms with Gasteiger partial charge < -0.3 is 19.3 Å². The van der Waals surface area contributed by atoms with E-state index in [4.69, 9.17) is 19.3 Å². The summed E-state index contributed by atoms with van der Waals surface area (Å²) in [6.45, 7) is 3.00. The molecule has 0 aliphatic heterocycles. The lowest BCUT2D eigenvalue weighted by molar-refractivity contribution is -0.161. The van der Waals surface area contributed by atoms with E-state index >= 15 is 0 Å². The maximum absolute atomic E-state index is 12.0. The average Bonchev–Trinajstić information content (AvgIpc) is 2.84. The Balaban J connectivity index is 3.76. The average molecular weight is 533 g/mol. The molecule has 0 rings (SSSR count). The molecule has 0 aliphatic carbocycles. The molecule has 2 N–H and O–H groups in total. The summed E-state index contributed by atoms with van der Waals surface area (Å²) >= 11 is 0. The predicted molar refractivity (Wildman–Crippen MR) is 142 cm³/mol. The summed E-state index contributed by atoms with van der Waals surface area (Å²) in [4.78, 5) is 41.0. The lowest BCUT2D eigenvalue weighted by atomic mass is 10.1. The summed E-state index contributed by atoms with van der Waals surface area (Å²) in [5.74, 6) is -0.996. The topological polar surface area (TPSA) is 119 Å². The summed E-state index contributed by atoms with van der Waals surface area (Å²) < 4.78 is 25.4. The van der Waals surface area contributed by atoms with Crippen molar-refractivity contribution in [3.8, 4) is 0 Å². The summed E-state index contributed by atoms with van der Waals surface area (Å²) in [6, 6.07) is 0. The quantitative estimate of drug-likeness (QED) is 0.0593. The van der Waals surface area contributed by atoms with Crippen molar-refractivity contribution in [3.63, 3.8) is 0 Å². The number of hydrogen-bond donors (Lipinski definition) is 2. The minimum absolute atomic E-state index is 0.146. The van der Waals surface area contributed by atoms with Gasteiger partial charge in [0.2, 0.25) is 0 Å². The molecule has 0 heterocycles. The monoisotopic (exact) mass is 532 g/mol. The van der Waals surface area contributed by atoms with E-state index in [-0.39, 0.29) is 19.4 Å². The molecular formula is C27H49O8P. The van der Waals surface area contributed by atoms with Gasteiger partial charge in [-0.1, -0.05) is 89.5 Å². The normalized spacial score (nSPS) is 12.9. The molecule has 9 heteroatoms. The Morgan fingerprint density at radius 1 is 0.750 bits per heavy atom. The molecule has 0 aromatic rings. The molecule has 1 atom stereocenters. The molecule has 0 saturated heterocycles. The smallest absolute Gasteiger partial charge is 0.462 e. The molecule has 8 nitrogen and oxygen atoms in total. The Kier molecular flexibility index (Phi) is 22.9. The van der Waals surface area contributed by atoms with E-state index < -0.39 is 32.5 Å². The largest absolute Gasteiger partial charge is 0.469 e. The van der Waals surface area contributed by atoms with Crippen LogP contribution in [0, 0.1) is 0 Å². The lowest BCUT2D eigenvalue weighted by Crippen LogP contribution is -2.29. The van der Waals surface area contributed by atoms with Crippen molar-refractivity contribution in [1.29, 1.82) is 0 Å². The van der Waals surface area contributed by atoms with Gasteiger partial charge in [-0.3, -0.25) is 14.1 Å². The van der Waals surface area contributed by atoms with Gasteiger partial charge in [0.15, 0.2) is 6.10 Å². The number of esters is 2. The fourth-order valence-corrected chi connectivity index (χ4v) is 3.80. The van der Waals surface area contributed by atoms with Crippen LogP contribution in [0.4, 0.5) is 0 Å². The number of allylic oxidation sites excluding steroid dienone is 4. The van der Waals surface area contributed by atoms with Crippen LogP contribution in [0.1, 0.15) is 117 Å². The Hall–Kier alpha value is -1.47. The van der Waals surface area contributed by atoms with Crippen molar-refractivity contribution in [2.24, 2.45) is 0 Å². The number of hydrogen-bond acceptors (Lipinski definition) is 6. The van der Waals surface area contributed by atoms with Gasteiger partial charge in [0, 0.05) is 12.8 Å². The van der Waals surface area contributed by atoms with Crippen LogP contribution in [-0.2, 0) is 28.2 Å². The third-order valence-corrected chi connectivity index (χ3v) is 6.01. The van der Waals surface area contributed by atoms with Gasteiger partial charge in [0.25, 0.3) is 0 Å². The second-order valence-electron chi connectivity index (χ2n) is 8.98. The summed E-state index contributed by atoms with van der Waals surface area (Å²) in [5.41, 5.74) is 0. The third-order valence-electron chi connectivity index (χ3n) is 5.53. The van der Waals surface area contributed by atoms with Crippen molar-refractivity contribution in [2.45, 2.75) is 123 Å². The zero-order valence-corrected chi connectivity index (χ0v) is 23.3. The summed E-state index contributed by atoms with van der Waals surface area (Å²) in [5, 5.41) is 0. The molecule has 0 aromatic heterocycles. The van der Waals surface area contributed by atoms with Gasteiger partial charge >= 0.3 is 19.8 Å². The first kappa shape index (κ1) is 34.5. The van der Waals surface area contributed by atoms with Crippen molar-refractivity contribution < 1.29 is 37.9 Å². The van der Waals surface area contributed by atoms with Crippen molar-refractivity contribution in [1.82, 2.24) is 0 Å². The minimum Gasteiger partial charge on any atom is -0.462 e. The third kappa shape index (κ3) is 25.6. The van der Waals surface area contributed by atoms with Crippen LogP contribution in [-0.4, -0.2) is 41.0 Å². The Bertz CT molecular complexity index is 656. The standard InChI is InChI=1S/C27H49O8P/c1-3-5-6-7-8-9-10-11-12-13-14-15-16-17-18-19-20-21-22-27(29)35-25(23-33-26(28)4-2)24-34-36(30,31)32/h9-10,12-13,25H,3-8,11,14-24H2,1-2H3,(H2,30,31,32)/b10-9-,13-12-. The first-order chi connectivity index (χ1) is 17.3. The molecule has 0 aromatic carbocycles. The van der Waals surface area contributed by atoms with Crippen molar-refractivity contribution in [2.75, 3.05) is 13.2 Å². The van der Waals surface area contributed by atoms with E-state index in [1.807, 2.05) is 0 Å². The first-order valence-electron chi connectivity index (χ1n) is 13.6. The van der Waals surface area contributed by atoms with E-state index in [9.17, 15) is 14.2 Å². The highest BCUT2D eigenvalue weighted by Gasteiger charge is 2.22. The highest BCUT2D eigenvalue weighted by molar-refractivity contribution is 7.46. The van der Waals surface area contributed by atoms with Crippen LogP contribution in [0.15, 0.2) is 24.3 Å². The maximum atomic E-state index is 12.0. The number of phosphoric acid groups is 1. The lowest BCUT2D eigenvalue weighted by Gasteiger charge is -2.18. The second kappa shape index (κ2) is 23.9. The van der Waals surface area contributed by atoms with Crippen LogP contribution in [0.3, 0.4) is 0 Å². The number of rotatable bonds is 24. The minimum atomic E-state index is -4.71. The number of ether oxygens (including phenoxy) is 2. The van der Waals surface area contributed by atoms with Crippen LogP contribution in [0.2, 0.25) is 0 Å². The van der Waals surface area contributed by atoms with Crippen LogP contribution in [0.5, 0.6) is 0 Å². The van der Waals surface area contributed by atoms with Gasteiger partial charge in [-0.25, -0.2) is 4.57 Å². The Labute approximate surface area is 218 Å². The number of unbranched alkanes of at least 4 members (excludes halogenated alkanes) is 11. The van der Waals surface area contributed by atoms with Gasteiger partial charge in [-0.05, 0) is 38.5 Å². The van der Waals surface area contributed by atoms with Gasteiger partial charge in [-0.15, -0.1) is 0 Å². The van der Waals surface area contributed by atoms with E-state index in [2.05, 4.69) is 35.8 Å². The van der Waals surface area contributed by atoms with Crippen LogP contribution < -0.4 is 0 Å². The predicted octanol–water partition coefficient (Wildman–Crippen LogP) is 6.94. The molecule has 0 aliphatic rings. The molecule has 0 amide bonds. The molecule has 1 unspecified atom stereocenters. The van der Waals surface area contributed by atoms with E-state index in [0.717, 1.165) is 32.1 Å². The fraction of sp³-hybridized carbons (Fsp3) is 0.778. The molecule has 0 bridgehead atoms. The van der Waals surface area contributed by atoms with Gasteiger partial charge in [0.1, 0.15) is 6.61 Å². The zero-order chi connectivity index (χ0) is 26.9. The zero-order valence-electron chi connectivity index (χ0n) is 22.4. The SMILES string of the molecule is CCCCCC/C=C\C/C=C\CCCCCCCCCC(=O)OC(COC(=O)CC)COP(=O)(O)O. The number of carbonyl (C=O) groups excluding carboxylic acids is 2. The van der Waals surface area contributed by atoms with Crippen molar-refractivity contribution in [3.05, 3.63) is 24.3 Å². The number of phosphoric ester groups is 1. The second-order valence-corrected chi connectivity index (χ2v) is 10.2. The molecule has 0 fully saturated rings. The molecule has 0 spiro atoms. The van der Waals surface area contributed by atoms with Gasteiger partial charge in [0.05, 0.1) is 6.61 Å². The van der Waals surface area contributed by atoms with Crippen molar-refractivity contribution >= 4 is 19.8 Å². The molecular weight excluding hydrogens is 483 g/mol. The maximum Gasteiger partial charge on any atom is 0.469 e. The Morgan fingerprint density at radius 2 is 1.31 bits per heavy atom. The first-order valence-corrected chi connectivity index (χ1v) is 15.2. The molecule has 0 saturated carbocycles. The fourth-order valence-electron chi connectivity index (χ4n) is 3.44. The number of carbonyl (C=O) groups is 2. The molecule has 0 radical (unpaired) electrons. The summed E-state index contributed by atoms with van der Waals surface area (Å²) in [7, 11) is -4.71. The van der Waals surface area contributed by atoms with E-state index in [1.54, 1.807) is 6.92 Å². The highest BCUT2D eigenvalue weighted by Crippen LogP contribution is 2.35. The van der Waals surface area contributed by atoms with Gasteiger partial charge in [-0.2, -0.15) is 0 Å².